The van der Waals surface area contributed by atoms with Crippen LogP contribution in [-0.4, -0.2) is 27.1 Å². The number of carbonyl (C=O) groups excluding carboxylic acids is 1. The lowest BCUT2D eigenvalue weighted by Crippen LogP contribution is -2.26. The third-order valence-corrected chi connectivity index (χ3v) is 4.08. The van der Waals surface area contributed by atoms with Gasteiger partial charge in [-0.05, 0) is 36.2 Å². The molecule has 0 saturated heterocycles. The lowest BCUT2D eigenvalue weighted by molar-refractivity contribution is 0.0954. The highest BCUT2D eigenvalue weighted by Crippen LogP contribution is 2.23. The molecular weight excluding hydrogens is 355 g/mol. The normalized spacial score (nSPS) is 11.1. The summed E-state index contributed by atoms with van der Waals surface area (Å²) in [6.07, 6.45) is 1.34. The van der Waals surface area contributed by atoms with E-state index in [0.717, 1.165) is 6.26 Å². The first-order valence-corrected chi connectivity index (χ1v) is 9.32. The zero-order chi connectivity index (χ0) is 17.7. The second kappa shape index (κ2) is 7.63. The zero-order valence-corrected chi connectivity index (χ0v) is 14.4. The van der Waals surface area contributed by atoms with E-state index in [0.29, 0.717) is 12.0 Å². The third kappa shape index (κ3) is 5.21. The monoisotopic (exact) mass is 370 g/mol. The lowest BCUT2D eigenvalue weighted by Gasteiger charge is -2.10. The van der Waals surface area contributed by atoms with Gasteiger partial charge in [0.15, 0.2) is 0 Å². The zero-order valence-electron chi connectivity index (χ0n) is 12.8. The van der Waals surface area contributed by atoms with E-state index < -0.39 is 15.9 Å². The van der Waals surface area contributed by atoms with Gasteiger partial charge in [-0.15, -0.1) is 0 Å². The van der Waals surface area contributed by atoms with Crippen molar-refractivity contribution in [3.05, 3.63) is 64.4 Å². The number of hydrogen-bond acceptors (Lipinski definition) is 3. The molecular formula is C16H16ClFN2O3S. The summed E-state index contributed by atoms with van der Waals surface area (Å²) < 4.78 is 38.3. The first-order valence-electron chi connectivity index (χ1n) is 7.05. The molecule has 0 radical (unpaired) electrons. The first kappa shape index (κ1) is 18.2. The number of halogens is 2. The number of hydrogen-bond donors (Lipinski definition) is 2. The third-order valence-electron chi connectivity index (χ3n) is 3.16. The van der Waals surface area contributed by atoms with Gasteiger partial charge < -0.3 is 5.32 Å². The molecule has 0 bridgehead atoms. The van der Waals surface area contributed by atoms with Gasteiger partial charge in [0.2, 0.25) is 10.0 Å². The van der Waals surface area contributed by atoms with Crippen molar-refractivity contribution in [1.82, 2.24) is 5.32 Å². The summed E-state index contributed by atoms with van der Waals surface area (Å²) in [5, 5.41) is 2.84. The van der Waals surface area contributed by atoms with Crippen molar-refractivity contribution in [3.63, 3.8) is 0 Å². The molecule has 0 aromatic heterocycles. The van der Waals surface area contributed by atoms with Crippen LogP contribution >= 0.6 is 11.6 Å². The van der Waals surface area contributed by atoms with E-state index >= 15 is 0 Å². The Bertz CT molecular complexity index is 856. The topological polar surface area (TPSA) is 75.3 Å². The van der Waals surface area contributed by atoms with Crippen LogP contribution in [0.1, 0.15) is 15.9 Å². The van der Waals surface area contributed by atoms with Gasteiger partial charge in [-0.1, -0.05) is 29.8 Å². The van der Waals surface area contributed by atoms with E-state index in [2.05, 4.69) is 10.0 Å². The molecule has 0 aliphatic rings. The molecule has 0 aliphatic heterocycles. The quantitative estimate of drug-likeness (QED) is 0.821. The van der Waals surface area contributed by atoms with Crippen LogP contribution in [0.2, 0.25) is 5.02 Å². The van der Waals surface area contributed by atoms with E-state index in [1.54, 1.807) is 18.2 Å². The Morgan fingerprint density at radius 1 is 1.21 bits per heavy atom. The number of benzene rings is 2. The second-order valence-electron chi connectivity index (χ2n) is 5.17. The Hall–Kier alpha value is -2.12. The SMILES string of the molecule is CS(=O)(=O)Nc1cc(C(=O)NCCc2ccccc2F)ccc1Cl. The molecule has 24 heavy (non-hydrogen) atoms. The standard InChI is InChI=1S/C16H16ClFN2O3S/c1-24(22,23)20-15-10-12(6-7-13(15)17)16(21)19-9-8-11-4-2-3-5-14(11)18/h2-7,10,20H,8-9H2,1H3,(H,19,21). The van der Waals surface area contributed by atoms with Gasteiger partial charge in [-0.3, -0.25) is 9.52 Å². The molecule has 8 heteroatoms. The second-order valence-corrected chi connectivity index (χ2v) is 7.32. The summed E-state index contributed by atoms with van der Waals surface area (Å²) in [7, 11) is -3.51. The van der Waals surface area contributed by atoms with Crippen molar-refractivity contribution in [2.75, 3.05) is 17.5 Å². The fourth-order valence-electron chi connectivity index (χ4n) is 2.06. The van der Waals surface area contributed by atoms with Crippen LogP contribution in [0, 0.1) is 5.82 Å². The van der Waals surface area contributed by atoms with Gasteiger partial charge in [-0.2, -0.15) is 0 Å². The minimum Gasteiger partial charge on any atom is -0.352 e. The number of nitrogens with one attached hydrogen (secondary N) is 2. The highest BCUT2D eigenvalue weighted by molar-refractivity contribution is 7.92. The Morgan fingerprint density at radius 3 is 2.58 bits per heavy atom. The summed E-state index contributed by atoms with van der Waals surface area (Å²) in [5.41, 5.74) is 0.883. The molecule has 2 aromatic carbocycles. The molecule has 1 amide bonds. The van der Waals surface area contributed by atoms with Crippen LogP contribution in [0.3, 0.4) is 0 Å². The van der Waals surface area contributed by atoms with E-state index in [1.807, 2.05) is 0 Å². The molecule has 0 fully saturated rings. The Labute approximate surface area is 144 Å². The van der Waals surface area contributed by atoms with Crippen LogP contribution in [-0.2, 0) is 16.4 Å². The van der Waals surface area contributed by atoms with Crippen LogP contribution in [0.5, 0.6) is 0 Å². The van der Waals surface area contributed by atoms with Crippen molar-refractivity contribution in [2.45, 2.75) is 6.42 Å². The predicted molar refractivity (Wildman–Crippen MR) is 92.4 cm³/mol. The fourth-order valence-corrected chi connectivity index (χ4v) is 2.85. The molecule has 0 heterocycles. The van der Waals surface area contributed by atoms with Gasteiger partial charge in [0, 0.05) is 12.1 Å². The van der Waals surface area contributed by atoms with Crippen molar-refractivity contribution in [1.29, 1.82) is 0 Å². The number of anilines is 1. The van der Waals surface area contributed by atoms with E-state index in [-0.39, 0.29) is 28.6 Å². The van der Waals surface area contributed by atoms with E-state index in [1.165, 1.54) is 24.3 Å². The van der Waals surface area contributed by atoms with Crippen LogP contribution < -0.4 is 10.0 Å². The van der Waals surface area contributed by atoms with Crippen molar-refractivity contribution >= 4 is 33.2 Å². The molecule has 2 rings (SSSR count). The molecule has 0 aliphatic carbocycles. The molecule has 0 atom stereocenters. The summed E-state index contributed by atoms with van der Waals surface area (Å²) in [5.74, 6) is -0.725. The lowest BCUT2D eigenvalue weighted by atomic mass is 10.1. The average Bonchev–Trinajstić information content (AvgIpc) is 2.50. The molecule has 2 aromatic rings. The largest absolute Gasteiger partial charge is 0.352 e. The highest BCUT2D eigenvalue weighted by Gasteiger charge is 2.11. The van der Waals surface area contributed by atoms with Crippen LogP contribution in [0.25, 0.3) is 0 Å². The first-order chi connectivity index (χ1) is 11.3. The smallest absolute Gasteiger partial charge is 0.251 e. The summed E-state index contributed by atoms with van der Waals surface area (Å²) in [6, 6.07) is 10.6. The van der Waals surface area contributed by atoms with Crippen molar-refractivity contribution in [3.8, 4) is 0 Å². The van der Waals surface area contributed by atoms with E-state index in [4.69, 9.17) is 11.6 Å². The van der Waals surface area contributed by atoms with Gasteiger partial charge in [0.05, 0.1) is 17.0 Å². The fraction of sp³-hybridized carbons (Fsp3) is 0.188. The van der Waals surface area contributed by atoms with Crippen LogP contribution in [0.15, 0.2) is 42.5 Å². The number of amides is 1. The maximum absolute atomic E-state index is 13.5. The molecule has 128 valence electrons. The molecule has 5 nitrogen and oxygen atoms in total. The minimum atomic E-state index is -3.51. The summed E-state index contributed by atoms with van der Waals surface area (Å²) >= 11 is 5.91. The van der Waals surface area contributed by atoms with Crippen molar-refractivity contribution in [2.24, 2.45) is 0 Å². The maximum Gasteiger partial charge on any atom is 0.251 e. The predicted octanol–water partition coefficient (Wildman–Crippen LogP) is 2.82. The number of sulfonamides is 1. The van der Waals surface area contributed by atoms with Gasteiger partial charge in [0.1, 0.15) is 5.82 Å². The molecule has 0 spiro atoms. The average molecular weight is 371 g/mol. The van der Waals surface area contributed by atoms with Crippen molar-refractivity contribution < 1.29 is 17.6 Å². The van der Waals surface area contributed by atoms with Crippen LogP contribution in [0.4, 0.5) is 10.1 Å². The number of rotatable bonds is 6. The summed E-state index contributed by atoms with van der Waals surface area (Å²) in [4.78, 5) is 12.1. The minimum absolute atomic E-state index is 0.126. The van der Waals surface area contributed by atoms with Gasteiger partial charge in [0.25, 0.3) is 5.91 Å². The Morgan fingerprint density at radius 2 is 1.92 bits per heavy atom. The molecule has 2 N–H and O–H groups in total. The maximum atomic E-state index is 13.5. The van der Waals surface area contributed by atoms with Gasteiger partial charge in [-0.25, -0.2) is 12.8 Å². The number of carbonyl (C=O) groups is 1. The molecule has 0 saturated carbocycles. The van der Waals surface area contributed by atoms with Gasteiger partial charge >= 0.3 is 0 Å². The highest BCUT2D eigenvalue weighted by atomic mass is 35.5. The Kier molecular flexibility index (Phi) is 5.80. The summed E-state index contributed by atoms with van der Waals surface area (Å²) in [6.45, 7) is 0.247. The van der Waals surface area contributed by atoms with E-state index in [9.17, 15) is 17.6 Å². The molecule has 0 unspecified atom stereocenters. The Balaban J connectivity index is 2.02.